The second kappa shape index (κ2) is 5.52. The van der Waals surface area contributed by atoms with Gasteiger partial charge in [-0.25, -0.2) is 0 Å². The van der Waals surface area contributed by atoms with Crippen molar-refractivity contribution in [3.8, 4) is 0 Å². The maximum absolute atomic E-state index is 12.3. The number of amides is 1. The van der Waals surface area contributed by atoms with Crippen molar-refractivity contribution < 1.29 is 4.79 Å². The van der Waals surface area contributed by atoms with E-state index in [2.05, 4.69) is 19.8 Å². The monoisotopic (exact) mass is 281 g/mol. The fraction of sp³-hybridized carbons (Fsp3) is 0.750. The van der Waals surface area contributed by atoms with Crippen LogP contribution < -0.4 is 5.32 Å². The molecular formula is C12H19N5OS. The molecule has 0 atom stereocenters. The number of likely N-dealkylation sites (tertiary alicyclic amines) is 1. The Hall–Kier alpha value is -1.05. The van der Waals surface area contributed by atoms with Gasteiger partial charge in [0.05, 0.1) is 5.69 Å². The zero-order chi connectivity index (χ0) is 13.2. The highest BCUT2D eigenvalue weighted by Gasteiger charge is 2.36. The molecule has 2 fully saturated rings. The van der Waals surface area contributed by atoms with Crippen molar-refractivity contribution in [2.24, 2.45) is 0 Å². The summed E-state index contributed by atoms with van der Waals surface area (Å²) in [5.41, 5.74) is 0.834. The summed E-state index contributed by atoms with van der Waals surface area (Å²) < 4.78 is 3.89. The molecule has 0 aliphatic carbocycles. The number of nitrogens with one attached hydrogen (secondary N) is 1. The molecule has 3 heterocycles. The second-order valence-corrected chi connectivity index (χ2v) is 5.81. The van der Waals surface area contributed by atoms with Crippen molar-refractivity contribution in [1.82, 2.24) is 24.7 Å². The Morgan fingerprint density at radius 1 is 1.42 bits per heavy atom. The van der Waals surface area contributed by atoms with Crippen LogP contribution in [0, 0.1) is 0 Å². The predicted octanol–water partition coefficient (Wildman–Crippen LogP) is -0.170. The summed E-state index contributed by atoms with van der Waals surface area (Å²) in [6.45, 7) is 8.00. The number of nitrogens with zero attached hydrogens (tertiary/aromatic N) is 4. The zero-order valence-corrected chi connectivity index (χ0v) is 11.9. The molecule has 19 heavy (non-hydrogen) atoms. The van der Waals surface area contributed by atoms with Crippen molar-refractivity contribution in [3.63, 3.8) is 0 Å². The Labute approximate surface area is 116 Å². The van der Waals surface area contributed by atoms with E-state index in [-0.39, 0.29) is 5.91 Å². The quantitative estimate of drug-likeness (QED) is 0.833. The molecule has 2 aliphatic heterocycles. The summed E-state index contributed by atoms with van der Waals surface area (Å²) in [7, 11) is 0. The van der Waals surface area contributed by atoms with E-state index in [0.717, 1.165) is 56.3 Å². The molecule has 1 aromatic rings. The van der Waals surface area contributed by atoms with Gasteiger partial charge in [-0.15, -0.1) is 5.10 Å². The van der Waals surface area contributed by atoms with Gasteiger partial charge in [0.25, 0.3) is 5.91 Å². The molecule has 6 nitrogen and oxygen atoms in total. The number of piperazine rings is 1. The van der Waals surface area contributed by atoms with Crippen molar-refractivity contribution >= 4 is 17.4 Å². The molecule has 0 spiro atoms. The van der Waals surface area contributed by atoms with Gasteiger partial charge in [0, 0.05) is 45.3 Å². The van der Waals surface area contributed by atoms with Gasteiger partial charge in [-0.1, -0.05) is 11.4 Å². The van der Waals surface area contributed by atoms with Crippen LogP contribution in [0.3, 0.4) is 0 Å². The van der Waals surface area contributed by atoms with Gasteiger partial charge in [0.15, 0.2) is 0 Å². The predicted molar refractivity (Wildman–Crippen MR) is 73.4 cm³/mol. The molecular weight excluding hydrogens is 262 g/mol. The fourth-order valence-corrected chi connectivity index (χ4v) is 3.36. The Kier molecular flexibility index (Phi) is 3.76. The zero-order valence-electron chi connectivity index (χ0n) is 11.1. The van der Waals surface area contributed by atoms with Crippen LogP contribution in [-0.4, -0.2) is 70.6 Å². The summed E-state index contributed by atoms with van der Waals surface area (Å²) in [4.78, 5) is 17.4. The Morgan fingerprint density at radius 2 is 2.16 bits per heavy atom. The number of rotatable bonds is 3. The summed E-state index contributed by atoms with van der Waals surface area (Å²) in [6.07, 6.45) is 0.770. The third-order valence-electron chi connectivity index (χ3n) is 3.90. The molecule has 1 aromatic heterocycles. The number of hydrogen-bond donors (Lipinski definition) is 1. The first-order valence-corrected chi connectivity index (χ1v) is 7.62. The number of carbonyl (C=O) groups excluding carboxylic acids is 1. The van der Waals surface area contributed by atoms with Gasteiger partial charge >= 0.3 is 0 Å². The van der Waals surface area contributed by atoms with Crippen LogP contribution in [0.2, 0.25) is 0 Å². The van der Waals surface area contributed by atoms with E-state index in [9.17, 15) is 4.79 Å². The summed E-state index contributed by atoms with van der Waals surface area (Å²) in [5, 5.41) is 7.36. The maximum Gasteiger partial charge on any atom is 0.267 e. The smallest absolute Gasteiger partial charge is 0.267 e. The van der Waals surface area contributed by atoms with Crippen LogP contribution in [0.25, 0.3) is 0 Å². The molecule has 0 saturated carbocycles. The van der Waals surface area contributed by atoms with Gasteiger partial charge in [0.1, 0.15) is 4.88 Å². The lowest BCUT2D eigenvalue weighted by atomic mass is 10.1. The highest BCUT2D eigenvalue weighted by atomic mass is 32.1. The molecule has 7 heteroatoms. The number of hydrogen-bond acceptors (Lipinski definition) is 6. The molecule has 0 radical (unpaired) electrons. The normalized spacial score (nSPS) is 21.4. The SMILES string of the molecule is CCc1nnsc1C(=O)N1CC(N2CCNCC2)C1. The van der Waals surface area contributed by atoms with E-state index in [1.54, 1.807) is 0 Å². The number of carbonyl (C=O) groups is 1. The van der Waals surface area contributed by atoms with Crippen LogP contribution in [0.1, 0.15) is 22.3 Å². The van der Waals surface area contributed by atoms with Crippen LogP contribution in [0.5, 0.6) is 0 Å². The fourth-order valence-electron chi connectivity index (χ4n) is 2.65. The summed E-state index contributed by atoms with van der Waals surface area (Å²) in [5.74, 6) is 0.109. The summed E-state index contributed by atoms with van der Waals surface area (Å²) in [6, 6.07) is 0.539. The van der Waals surface area contributed by atoms with Gasteiger partial charge in [-0.05, 0) is 18.0 Å². The van der Waals surface area contributed by atoms with E-state index < -0.39 is 0 Å². The number of aromatic nitrogens is 2. The molecule has 1 amide bonds. The maximum atomic E-state index is 12.3. The molecule has 104 valence electrons. The van der Waals surface area contributed by atoms with Crippen molar-refractivity contribution in [3.05, 3.63) is 10.6 Å². The van der Waals surface area contributed by atoms with Gasteiger partial charge in [-0.2, -0.15) is 0 Å². The summed E-state index contributed by atoms with van der Waals surface area (Å²) >= 11 is 1.22. The minimum atomic E-state index is 0.109. The molecule has 2 saturated heterocycles. The minimum Gasteiger partial charge on any atom is -0.335 e. The molecule has 0 aromatic carbocycles. The highest BCUT2D eigenvalue weighted by Crippen LogP contribution is 2.21. The molecule has 2 aliphatic rings. The largest absolute Gasteiger partial charge is 0.335 e. The Morgan fingerprint density at radius 3 is 2.84 bits per heavy atom. The lowest BCUT2D eigenvalue weighted by Gasteiger charge is -2.46. The van der Waals surface area contributed by atoms with Crippen LogP contribution >= 0.6 is 11.5 Å². The van der Waals surface area contributed by atoms with Crippen molar-refractivity contribution in [2.75, 3.05) is 39.3 Å². The average molecular weight is 281 g/mol. The lowest BCUT2D eigenvalue weighted by molar-refractivity contribution is 0.0230. The molecule has 0 bridgehead atoms. The van der Waals surface area contributed by atoms with Crippen LogP contribution in [0.4, 0.5) is 0 Å². The third kappa shape index (κ3) is 2.50. The molecule has 1 N–H and O–H groups in total. The molecule has 3 rings (SSSR count). The van der Waals surface area contributed by atoms with E-state index in [1.165, 1.54) is 11.5 Å². The van der Waals surface area contributed by atoms with Gasteiger partial charge < -0.3 is 10.2 Å². The first-order chi connectivity index (χ1) is 9.29. The topological polar surface area (TPSA) is 61.4 Å². The van der Waals surface area contributed by atoms with Crippen molar-refractivity contribution in [1.29, 1.82) is 0 Å². The van der Waals surface area contributed by atoms with E-state index in [4.69, 9.17) is 0 Å². The van der Waals surface area contributed by atoms with Crippen LogP contribution in [0.15, 0.2) is 0 Å². The standard InChI is InChI=1S/C12H19N5OS/c1-2-10-11(19-15-14-10)12(18)17-7-9(8-17)16-5-3-13-4-6-16/h9,13H,2-8H2,1H3. The third-order valence-corrected chi connectivity index (χ3v) is 4.66. The van der Waals surface area contributed by atoms with E-state index in [1.807, 2.05) is 11.8 Å². The van der Waals surface area contributed by atoms with Gasteiger partial charge in [0.2, 0.25) is 0 Å². The highest BCUT2D eigenvalue weighted by molar-refractivity contribution is 7.08. The second-order valence-electron chi connectivity index (χ2n) is 5.05. The number of aryl methyl sites for hydroxylation is 1. The lowest BCUT2D eigenvalue weighted by Crippen LogP contribution is -2.63. The minimum absolute atomic E-state index is 0.109. The van der Waals surface area contributed by atoms with Crippen molar-refractivity contribution in [2.45, 2.75) is 19.4 Å². The van der Waals surface area contributed by atoms with E-state index in [0.29, 0.717) is 6.04 Å². The molecule has 0 unspecified atom stereocenters. The Balaban J connectivity index is 1.56. The van der Waals surface area contributed by atoms with Crippen LogP contribution in [-0.2, 0) is 6.42 Å². The van der Waals surface area contributed by atoms with Gasteiger partial charge in [-0.3, -0.25) is 9.69 Å². The average Bonchev–Trinajstić information content (AvgIpc) is 2.86. The Bertz CT molecular complexity index is 451. The first-order valence-electron chi connectivity index (χ1n) is 6.85. The van der Waals surface area contributed by atoms with E-state index >= 15 is 0 Å². The first kappa shape index (κ1) is 13.0.